The second kappa shape index (κ2) is 9.89. The lowest BCUT2D eigenvalue weighted by Crippen LogP contribution is -2.45. The van der Waals surface area contributed by atoms with Gasteiger partial charge in [0.15, 0.2) is 0 Å². The summed E-state index contributed by atoms with van der Waals surface area (Å²) in [7, 11) is 4.29. The fraction of sp³-hybridized carbons (Fsp3) is 0.433. The van der Waals surface area contributed by atoms with Gasteiger partial charge in [0, 0.05) is 17.1 Å². The molecule has 1 aromatic heterocycles. The number of hydrogen-bond acceptors (Lipinski definition) is 4. The Kier molecular flexibility index (Phi) is 7.07. The standard InChI is InChI=1S/C30H36N2O3/c1-29(2,3)35-28(34)32-21-23(25-13-9-10-14-26(25)32)15-16-27(33)22-17-19-30(20-18-22,31(4)5)24-11-7-6-8-12-24/h6-14,21-22,27,33H,17-20H2,1-5H3. The summed E-state index contributed by atoms with van der Waals surface area (Å²) in [4.78, 5) is 15.1. The van der Waals surface area contributed by atoms with E-state index < -0.39 is 17.8 Å². The molecule has 0 bridgehead atoms. The van der Waals surface area contributed by atoms with Crippen molar-refractivity contribution in [2.75, 3.05) is 14.1 Å². The highest BCUT2D eigenvalue weighted by atomic mass is 16.6. The highest BCUT2D eigenvalue weighted by Gasteiger charge is 2.40. The number of benzene rings is 2. The molecule has 1 aliphatic carbocycles. The Morgan fingerprint density at radius 2 is 1.71 bits per heavy atom. The van der Waals surface area contributed by atoms with Gasteiger partial charge in [0.25, 0.3) is 0 Å². The van der Waals surface area contributed by atoms with Crippen molar-refractivity contribution in [3.8, 4) is 11.8 Å². The number of carbonyl (C=O) groups is 1. The van der Waals surface area contributed by atoms with Crippen LogP contribution in [0.4, 0.5) is 4.79 Å². The predicted octanol–water partition coefficient (Wildman–Crippen LogP) is 5.78. The van der Waals surface area contributed by atoms with Crippen molar-refractivity contribution >= 4 is 17.0 Å². The maximum atomic E-state index is 12.7. The van der Waals surface area contributed by atoms with E-state index in [1.165, 1.54) is 10.1 Å². The van der Waals surface area contributed by atoms with Gasteiger partial charge < -0.3 is 9.84 Å². The third-order valence-electron chi connectivity index (χ3n) is 7.13. The Hall–Kier alpha value is -3.07. The Morgan fingerprint density at radius 3 is 2.34 bits per heavy atom. The van der Waals surface area contributed by atoms with Gasteiger partial charge >= 0.3 is 6.09 Å². The molecule has 5 heteroatoms. The van der Waals surface area contributed by atoms with Gasteiger partial charge in [-0.3, -0.25) is 9.47 Å². The molecule has 1 N–H and O–H groups in total. The second-order valence-corrected chi connectivity index (χ2v) is 10.8. The van der Waals surface area contributed by atoms with Crippen molar-refractivity contribution in [3.05, 3.63) is 71.9 Å². The van der Waals surface area contributed by atoms with Crippen LogP contribution in [0.25, 0.3) is 10.9 Å². The van der Waals surface area contributed by atoms with Crippen LogP contribution in [0.5, 0.6) is 0 Å². The summed E-state index contributed by atoms with van der Waals surface area (Å²) < 4.78 is 7.07. The van der Waals surface area contributed by atoms with E-state index in [4.69, 9.17) is 4.74 Å². The Morgan fingerprint density at radius 1 is 1.09 bits per heavy atom. The van der Waals surface area contributed by atoms with Crippen LogP contribution in [0, 0.1) is 17.8 Å². The van der Waals surface area contributed by atoms with E-state index >= 15 is 0 Å². The van der Waals surface area contributed by atoms with Crippen LogP contribution in [-0.2, 0) is 10.3 Å². The molecule has 0 spiro atoms. The number of nitrogens with zero attached hydrogens (tertiary/aromatic N) is 2. The molecule has 1 atom stereocenters. The zero-order chi connectivity index (χ0) is 25.2. The molecule has 5 nitrogen and oxygen atoms in total. The quantitative estimate of drug-likeness (QED) is 0.491. The Labute approximate surface area is 208 Å². The first kappa shape index (κ1) is 25.0. The minimum atomic E-state index is -0.713. The number of ether oxygens (including phenoxy) is 1. The maximum absolute atomic E-state index is 12.7. The smallest absolute Gasteiger partial charge is 0.419 e. The van der Waals surface area contributed by atoms with Crippen LogP contribution < -0.4 is 0 Å². The molecule has 3 aromatic rings. The zero-order valence-electron chi connectivity index (χ0n) is 21.4. The molecule has 1 heterocycles. The molecule has 1 aliphatic rings. The van der Waals surface area contributed by atoms with Gasteiger partial charge in [0.1, 0.15) is 11.7 Å². The van der Waals surface area contributed by atoms with E-state index in [0.717, 1.165) is 36.6 Å². The highest BCUT2D eigenvalue weighted by Crippen LogP contribution is 2.43. The van der Waals surface area contributed by atoms with Gasteiger partial charge in [-0.1, -0.05) is 60.4 Å². The number of para-hydroxylation sites is 1. The molecule has 4 rings (SSSR count). The van der Waals surface area contributed by atoms with Gasteiger partial charge in [-0.05, 0) is 78.1 Å². The fourth-order valence-electron chi connectivity index (χ4n) is 5.19. The summed E-state index contributed by atoms with van der Waals surface area (Å²) in [5.74, 6) is 6.37. The SMILES string of the molecule is CN(C)C1(c2ccccc2)CCC(C(O)C#Cc2cn(C(=O)OC(C)(C)C)c3ccccc23)CC1. The lowest BCUT2D eigenvalue weighted by Gasteiger charge is -2.46. The van der Waals surface area contributed by atoms with Gasteiger partial charge in [-0.25, -0.2) is 4.79 Å². The molecule has 0 saturated heterocycles. The molecule has 35 heavy (non-hydrogen) atoms. The summed E-state index contributed by atoms with van der Waals surface area (Å²) in [5, 5.41) is 11.8. The number of rotatable bonds is 3. The van der Waals surface area contributed by atoms with E-state index in [2.05, 4.69) is 61.2 Å². The van der Waals surface area contributed by atoms with Crippen molar-refractivity contribution in [1.29, 1.82) is 0 Å². The summed E-state index contributed by atoms with van der Waals surface area (Å²) >= 11 is 0. The van der Waals surface area contributed by atoms with Gasteiger partial charge in [0.2, 0.25) is 0 Å². The Balaban J connectivity index is 1.53. The van der Waals surface area contributed by atoms with Crippen LogP contribution in [0.15, 0.2) is 60.8 Å². The molecule has 1 unspecified atom stereocenters. The summed E-state index contributed by atoms with van der Waals surface area (Å²) in [6.07, 6.45) is 4.33. The fourth-order valence-corrected chi connectivity index (χ4v) is 5.19. The average Bonchev–Trinajstić information content (AvgIpc) is 3.21. The lowest BCUT2D eigenvalue weighted by atomic mass is 9.70. The summed E-state index contributed by atoms with van der Waals surface area (Å²) in [5.41, 5.74) is 2.20. The minimum absolute atomic E-state index is 0.00819. The normalized spacial score (nSPS) is 21.4. The first-order valence-corrected chi connectivity index (χ1v) is 12.4. The topological polar surface area (TPSA) is 54.7 Å². The average molecular weight is 473 g/mol. The largest absolute Gasteiger partial charge is 0.443 e. The number of aromatic nitrogens is 1. The maximum Gasteiger partial charge on any atom is 0.419 e. The van der Waals surface area contributed by atoms with Crippen LogP contribution in [-0.4, -0.2) is 46.5 Å². The van der Waals surface area contributed by atoms with Crippen molar-refractivity contribution < 1.29 is 14.6 Å². The molecule has 2 aromatic carbocycles. The molecule has 184 valence electrons. The van der Waals surface area contributed by atoms with Gasteiger partial charge in [-0.15, -0.1) is 0 Å². The number of hydrogen-bond donors (Lipinski definition) is 1. The summed E-state index contributed by atoms with van der Waals surface area (Å²) in [6.45, 7) is 5.54. The van der Waals surface area contributed by atoms with E-state index in [1.54, 1.807) is 6.20 Å². The van der Waals surface area contributed by atoms with Crippen molar-refractivity contribution in [2.45, 2.75) is 63.7 Å². The highest BCUT2D eigenvalue weighted by molar-refractivity contribution is 5.93. The van der Waals surface area contributed by atoms with Crippen LogP contribution in [0.2, 0.25) is 0 Å². The van der Waals surface area contributed by atoms with Gasteiger partial charge in [0.05, 0.1) is 11.1 Å². The molecule has 0 radical (unpaired) electrons. The number of aliphatic hydroxyl groups is 1. The predicted molar refractivity (Wildman–Crippen MR) is 140 cm³/mol. The Bertz CT molecular complexity index is 1230. The molecular weight excluding hydrogens is 436 g/mol. The molecule has 0 aliphatic heterocycles. The first-order valence-electron chi connectivity index (χ1n) is 12.4. The number of aliphatic hydroxyl groups excluding tert-OH is 1. The second-order valence-electron chi connectivity index (χ2n) is 10.8. The van der Waals surface area contributed by atoms with E-state index in [9.17, 15) is 9.90 Å². The van der Waals surface area contributed by atoms with Crippen molar-refractivity contribution in [2.24, 2.45) is 5.92 Å². The molecule has 1 saturated carbocycles. The number of carbonyl (C=O) groups excluding carboxylic acids is 1. The third-order valence-corrected chi connectivity index (χ3v) is 7.13. The summed E-state index contributed by atoms with van der Waals surface area (Å²) in [6, 6.07) is 18.3. The van der Waals surface area contributed by atoms with Crippen LogP contribution >= 0.6 is 0 Å². The van der Waals surface area contributed by atoms with Crippen molar-refractivity contribution in [1.82, 2.24) is 9.47 Å². The minimum Gasteiger partial charge on any atom is -0.443 e. The van der Waals surface area contributed by atoms with E-state index in [-0.39, 0.29) is 11.5 Å². The van der Waals surface area contributed by atoms with Crippen molar-refractivity contribution in [3.63, 3.8) is 0 Å². The lowest BCUT2D eigenvalue weighted by molar-refractivity contribution is 0.0431. The third kappa shape index (κ3) is 5.29. The van der Waals surface area contributed by atoms with E-state index in [1.807, 2.05) is 45.0 Å². The number of fused-ring (bicyclic) bond motifs is 1. The monoisotopic (exact) mass is 472 g/mol. The molecular formula is C30H36N2O3. The van der Waals surface area contributed by atoms with Gasteiger partial charge in [-0.2, -0.15) is 0 Å². The zero-order valence-corrected chi connectivity index (χ0v) is 21.4. The van der Waals surface area contributed by atoms with E-state index in [0.29, 0.717) is 5.56 Å². The first-order chi connectivity index (χ1) is 16.6. The van der Waals surface area contributed by atoms with Crippen LogP contribution in [0.3, 0.4) is 0 Å². The molecule has 1 fully saturated rings. The van der Waals surface area contributed by atoms with Crippen LogP contribution in [0.1, 0.15) is 57.6 Å². The molecule has 0 amide bonds.